The van der Waals surface area contributed by atoms with E-state index in [1.807, 2.05) is 34.6 Å². The van der Waals surface area contributed by atoms with Gasteiger partial charge in [-0.05, 0) is 30.9 Å². The van der Waals surface area contributed by atoms with Gasteiger partial charge in [-0.15, -0.1) is 0 Å². The molecule has 24 heavy (non-hydrogen) atoms. The second-order valence-corrected chi connectivity index (χ2v) is 9.06. The second-order valence-electron chi connectivity index (χ2n) is 6.51. The summed E-state index contributed by atoms with van der Waals surface area (Å²) in [6.07, 6.45) is 0. The Morgan fingerprint density at radius 3 is 2.17 bits per heavy atom. The summed E-state index contributed by atoms with van der Waals surface area (Å²) in [7, 11) is -3.82. The van der Waals surface area contributed by atoms with E-state index in [4.69, 9.17) is 23.2 Å². The van der Waals surface area contributed by atoms with Crippen LogP contribution in [0.15, 0.2) is 17.0 Å². The maximum Gasteiger partial charge on any atom is 0.253 e. The normalized spacial score (nSPS) is 13.4. The van der Waals surface area contributed by atoms with Gasteiger partial charge in [0.25, 0.3) is 5.91 Å². The Labute approximate surface area is 154 Å². The highest BCUT2D eigenvalue weighted by Gasteiger charge is 2.23. The van der Waals surface area contributed by atoms with E-state index >= 15 is 0 Å². The zero-order valence-electron chi connectivity index (χ0n) is 14.5. The quantitative estimate of drug-likeness (QED) is 0.739. The van der Waals surface area contributed by atoms with Crippen LogP contribution in [-0.4, -0.2) is 26.9 Å². The number of benzene rings is 1. The summed E-state index contributed by atoms with van der Waals surface area (Å²) >= 11 is 12.1. The zero-order valence-corrected chi connectivity index (χ0v) is 16.8. The summed E-state index contributed by atoms with van der Waals surface area (Å²) in [5, 5.41) is 2.89. The van der Waals surface area contributed by atoms with E-state index in [1.54, 1.807) is 0 Å². The van der Waals surface area contributed by atoms with Gasteiger partial charge in [-0.25, -0.2) is 13.1 Å². The van der Waals surface area contributed by atoms with Crippen molar-refractivity contribution in [2.45, 2.75) is 45.6 Å². The smallest absolute Gasteiger partial charge is 0.253 e. The maximum absolute atomic E-state index is 12.4. The first-order valence-electron chi connectivity index (χ1n) is 7.75. The van der Waals surface area contributed by atoms with E-state index < -0.39 is 15.9 Å². The van der Waals surface area contributed by atoms with E-state index in [0.717, 1.165) is 0 Å². The Balaban J connectivity index is 3.20. The number of halogens is 2. The largest absolute Gasteiger partial charge is 0.349 e. The van der Waals surface area contributed by atoms with Gasteiger partial charge in [0.05, 0.1) is 15.6 Å². The predicted molar refractivity (Wildman–Crippen MR) is 98.3 cm³/mol. The third-order valence-electron chi connectivity index (χ3n) is 3.60. The molecule has 8 heteroatoms. The minimum atomic E-state index is -3.82. The minimum Gasteiger partial charge on any atom is -0.349 e. The van der Waals surface area contributed by atoms with E-state index in [2.05, 4.69) is 10.0 Å². The van der Waals surface area contributed by atoms with E-state index in [9.17, 15) is 13.2 Å². The highest BCUT2D eigenvalue weighted by atomic mass is 35.5. The molecule has 0 spiro atoms. The van der Waals surface area contributed by atoms with Crippen LogP contribution >= 0.6 is 23.2 Å². The highest BCUT2D eigenvalue weighted by Crippen LogP contribution is 2.29. The van der Waals surface area contributed by atoms with Crippen LogP contribution in [0.25, 0.3) is 0 Å². The summed E-state index contributed by atoms with van der Waals surface area (Å²) in [5.41, 5.74) is 0.0819. The monoisotopic (exact) mass is 394 g/mol. The average Bonchev–Trinajstić information content (AvgIpc) is 2.44. The first-order chi connectivity index (χ1) is 11.0. The lowest BCUT2D eigenvalue weighted by Crippen LogP contribution is -2.36. The zero-order chi connectivity index (χ0) is 18.7. The van der Waals surface area contributed by atoms with Gasteiger partial charge in [-0.2, -0.15) is 0 Å². The highest BCUT2D eigenvalue weighted by molar-refractivity contribution is 7.89. The van der Waals surface area contributed by atoms with Crippen LogP contribution in [0.4, 0.5) is 0 Å². The van der Waals surface area contributed by atoms with E-state index in [1.165, 1.54) is 12.1 Å². The molecule has 1 amide bonds. The number of carbonyl (C=O) groups is 1. The van der Waals surface area contributed by atoms with Crippen molar-refractivity contribution in [2.75, 3.05) is 6.54 Å². The molecule has 0 aliphatic carbocycles. The van der Waals surface area contributed by atoms with Gasteiger partial charge in [0.15, 0.2) is 0 Å². The molecule has 1 rings (SSSR count). The lowest BCUT2D eigenvalue weighted by atomic mass is 10.1. The van der Waals surface area contributed by atoms with Crippen LogP contribution < -0.4 is 10.0 Å². The molecule has 0 bridgehead atoms. The molecular weight excluding hydrogens is 371 g/mol. The van der Waals surface area contributed by atoms with Crippen LogP contribution in [0, 0.1) is 11.8 Å². The SMILES string of the molecule is CC(C)CNS(=O)(=O)c1cc(C(=O)NC(C)C(C)C)c(Cl)cc1Cl. The lowest BCUT2D eigenvalue weighted by molar-refractivity contribution is 0.0930. The van der Waals surface area contributed by atoms with Crippen LogP contribution in [0.5, 0.6) is 0 Å². The molecule has 0 saturated carbocycles. The van der Waals surface area contributed by atoms with E-state index in [0.29, 0.717) is 0 Å². The van der Waals surface area contributed by atoms with Crippen molar-refractivity contribution in [2.24, 2.45) is 11.8 Å². The molecule has 2 N–H and O–H groups in total. The lowest BCUT2D eigenvalue weighted by Gasteiger charge is -2.18. The number of sulfonamides is 1. The Bertz CT molecular complexity index is 704. The standard InChI is InChI=1S/C16H24Cl2N2O3S/c1-9(2)8-19-24(22,23)15-6-12(13(17)7-14(15)18)16(21)20-11(5)10(3)4/h6-7,9-11,19H,8H2,1-5H3,(H,20,21). The van der Waals surface area contributed by atoms with Crippen molar-refractivity contribution < 1.29 is 13.2 Å². The fourth-order valence-corrected chi connectivity index (χ4v) is 3.78. The van der Waals surface area contributed by atoms with Gasteiger partial charge >= 0.3 is 0 Å². The molecule has 136 valence electrons. The van der Waals surface area contributed by atoms with Crippen molar-refractivity contribution in [3.05, 3.63) is 27.7 Å². The van der Waals surface area contributed by atoms with Gasteiger partial charge in [0.1, 0.15) is 4.90 Å². The first kappa shape index (κ1) is 21.2. The molecule has 0 radical (unpaired) electrons. The second kappa shape index (κ2) is 8.52. The minimum absolute atomic E-state index is 0.0234. The van der Waals surface area contributed by atoms with Crippen LogP contribution in [0.2, 0.25) is 10.0 Å². The number of nitrogens with one attached hydrogen (secondary N) is 2. The molecule has 1 atom stereocenters. The number of rotatable bonds is 7. The van der Waals surface area contributed by atoms with Crippen LogP contribution in [-0.2, 0) is 10.0 Å². The third-order valence-corrected chi connectivity index (χ3v) is 5.80. The Morgan fingerprint density at radius 2 is 1.67 bits per heavy atom. The Kier molecular flexibility index (Phi) is 7.53. The van der Waals surface area contributed by atoms with Crippen molar-refractivity contribution in [3.63, 3.8) is 0 Å². The molecule has 0 aromatic heterocycles. The van der Waals surface area contributed by atoms with Crippen molar-refractivity contribution in [3.8, 4) is 0 Å². The van der Waals surface area contributed by atoms with Gasteiger partial charge in [-0.1, -0.05) is 50.9 Å². The van der Waals surface area contributed by atoms with Crippen LogP contribution in [0.1, 0.15) is 45.0 Å². The van der Waals surface area contributed by atoms with Crippen molar-refractivity contribution in [1.82, 2.24) is 10.0 Å². The molecule has 0 aliphatic rings. The summed E-state index contributed by atoms with van der Waals surface area (Å²) in [6.45, 7) is 9.86. The van der Waals surface area contributed by atoms with Gasteiger partial charge < -0.3 is 5.32 Å². The van der Waals surface area contributed by atoms with Crippen molar-refractivity contribution in [1.29, 1.82) is 0 Å². The first-order valence-corrected chi connectivity index (χ1v) is 9.99. The third kappa shape index (κ3) is 5.62. The molecule has 1 aromatic carbocycles. The Morgan fingerprint density at radius 1 is 1.08 bits per heavy atom. The number of amides is 1. The fraction of sp³-hybridized carbons (Fsp3) is 0.562. The number of carbonyl (C=O) groups excluding carboxylic acids is 1. The van der Waals surface area contributed by atoms with Gasteiger partial charge in [-0.3, -0.25) is 4.79 Å². The number of hydrogen-bond donors (Lipinski definition) is 2. The molecule has 0 heterocycles. The van der Waals surface area contributed by atoms with Crippen molar-refractivity contribution >= 4 is 39.1 Å². The molecule has 0 saturated heterocycles. The molecular formula is C16H24Cl2N2O3S. The van der Waals surface area contributed by atoms with Gasteiger partial charge in [0.2, 0.25) is 10.0 Å². The molecule has 0 fully saturated rings. The summed E-state index contributed by atoms with van der Waals surface area (Å²) < 4.78 is 27.3. The maximum atomic E-state index is 12.4. The predicted octanol–water partition coefficient (Wildman–Crippen LogP) is 3.70. The van der Waals surface area contributed by atoms with Gasteiger partial charge in [0, 0.05) is 12.6 Å². The fourth-order valence-electron chi connectivity index (χ4n) is 1.71. The summed E-state index contributed by atoms with van der Waals surface area (Å²) in [5.74, 6) is -0.0605. The molecule has 0 aliphatic heterocycles. The topological polar surface area (TPSA) is 75.3 Å². The summed E-state index contributed by atoms with van der Waals surface area (Å²) in [6, 6.07) is 2.42. The van der Waals surface area contributed by atoms with E-state index in [-0.39, 0.29) is 44.9 Å². The molecule has 1 unspecified atom stereocenters. The Hall–Kier alpha value is -0.820. The molecule has 5 nitrogen and oxygen atoms in total. The number of hydrogen-bond acceptors (Lipinski definition) is 3. The van der Waals surface area contributed by atoms with Crippen LogP contribution in [0.3, 0.4) is 0 Å². The summed E-state index contributed by atoms with van der Waals surface area (Å²) in [4.78, 5) is 12.2. The molecule has 1 aromatic rings. The average molecular weight is 395 g/mol.